The van der Waals surface area contributed by atoms with E-state index >= 15 is 0 Å². The Labute approximate surface area is 119 Å². The highest BCUT2D eigenvalue weighted by atomic mass is 19.4. The number of alkyl halides is 3. The zero-order chi connectivity index (χ0) is 15.5. The summed E-state index contributed by atoms with van der Waals surface area (Å²) < 4.78 is 48.2. The second-order valence-electron chi connectivity index (χ2n) is 4.89. The zero-order valence-corrected chi connectivity index (χ0v) is 11.6. The first-order valence-corrected chi connectivity index (χ1v) is 6.93. The molecule has 0 saturated heterocycles. The second-order valence-corrected chi connectivity index (χ2v) is 4.89. The number of nitrogens with zero attached hydrogens (tertiary/aromatic N) is 1. The van der Waals surface area contributed by atoms with Crippen LogP contribution in [0.5, 0.6) is 0 Å². The molecule has 0 unspecified atom stereocenters. The van der Waals surface area contributed by atoms with Crippen LogP contribution in [0.4, 0.5) is 19.2 Å². The normalized spacial score (nSPS) is 16.8. The summed E-state index contributed by atoms with van der Waals surface area (Å²) in [7, 11) is 0. The number of halogens is 3. The Morgan fingerprint density at radius 1 is 1.38 bits per heavy atom. The maximum Gasteiger partial charge on any atom is 0.437 e. The van der Waals surface area contributed by atoms with Gasteiger partial charge in [0.2, 0.25) is 5.76 Å². The lowest BCUT2D eigenvalue weighted by Crippen LogP contribution is -2.22. The number of aromatic nitrogens is 1. The van der Waals surface area contributed by atoms with Crippen LogP contribution >= 0.6 is 0 Å². The first-order chi connectivity index (χ1) is 9.91. The quantitative estimate of drug-likeness (QED) is 0.861. The van der Waals surface area contributed by atoms with Crippen LogP contribution in [-0.2, 0) is 10.9 Å². The Bertz CT molecular complexity index is 493. The van der Waals surface area contributed by atoms with Gasteiger partial charge in [-0.05, 0) is 19.8 Å². The van der Waals surface area contributed by atoms with Crippen molar-refractivity contribution in [3.8, 4) is 0 Å². The van der Waals surface area contributed by atoms with Crippen LogP contribution in [0.15, 0.2) is 4.42 Å². The predicted molar refractivity (Wildman–Crippen MR) is 68.0 cm³/mol. The Hall–Kier alpha value is -1.73. The van der Waals surface area contributed by atoms with E-state index in [1.807, 2.05) is 0 Å². The highest BCUT2D eigenvalue weighted by molar-refractivity contribution is 5.88. The van der Waals surface area contributed by atoms with E-state index in [9.17, 15) is 18.0 Å². The van der Waals surface area contributed by atoms with Gasteiger partial charge in [0.1, 0.15) is 0 Å². The molecule has 0 amide bonds. The zero-order valence-electron chi connectivity index (χ0n) is 11.6. The Morgan fingerprint density at radius 2 is 2.05 bits per heavy atom. The number of nitrogens with one attached hydrogen (secondary N) is 1. The molecule has 0 spiro atoms. The lowest BCUT2D eigenvalue weighted by atomic mass is 9.96. The van der Waals surface area contributed by atoms with Gasteiger partial charge in [-0.25, -0.2) is 4.79 Å². The molecular weight excluding hydrogens is 289 g/mol. The van der Waals surface area contributed by atoms with Gasteiger partial charge >= 0.3 is 12.1 Å². The average Bonchev–Trinajstić information content (AvgIpc) is 2.84. The highest BCUT2D eigenvalue weighted by Crippen LogP contribution is 2.34. The number of anilines is 1. The number of oxazole rings is 1. The van der Waals surface area contributed by atoms with Gasteiger partial charge in [0.15, 0.2) is 5.69 Å². The van der Waals surface area contributed by atoms with Crippen molar-refractivity contribution in [2.45, 2.75) is 51.2 Å². The minimum absolute atomic E-state index is 0.0218. The Balaban J connectivity index is 2.20. The smallest absolute Gasteiger partial charge is 0.437 e. The number of hydrogen-bond donors (Lipinski definition) is 1. The van der Waals surface area contributed by atoms with E-state index in [0.29, 0.717) is 0 Å². The lowest BCUT2D eigenvalue weighted by molar-refractivity contribution is -0.141. The summed E-state index contributed by atoms with van der Waals surface area (Å²) >= 11 is 0. The minimum Gasteiger partial charge on any atom is -0.460 e. The fourth-order valence-electron chi connectivity index (χ4n) is 2.33. The van der Waals surface area contributed by atoms with Crippen LogP contribution in [0, 0.1) is 0 Å². The van der Waals surface area contributed by atoms with Crippen molar-refractivity contribution in [3.05, 3.63) is 11.5 Å². The molecule has 0 atom stereocenters. The van der Waals surface area contributed by atoms with E-state index in [1.165, 1.54) is 6.92 Å². The molecule has 1 N–H and O–H groups in total. The van der Waals surface area contributed by atoms with Gasteiger partial charge in [0.05, 0.1) is 6.61 Å². The van der Waals surface area contributed by atoms with Crippen molar-refractivity contribution in [2.24, 2.45) is 0 Å². The molecule has 1 heterocycles. The van der Waals surface area contributed by atoms with Crippen LogP contribution in [0.25, 0.3) is 0 Å². The second kappa shape index (κ2) is 6.36. The standard InChI is InChI=1S/C13H17F3N2O3/c1-2-20-11(19)9-10(13(14,15)16)18-12(21-9)17-8-6-4-3-5-7-8/h8H,2-7H2,1H3,(H,17,18). The van der Waals surface area contributed by atoms with Crippen LogP contribution in [0.2, 0.25) is 0 Å². The molecule has 5 nitrogen and oxygen atoms in total. The molecule has 1 aromatic rings. The lowest BCUT2D eigenvalue weighted by Gasteiger charge is -2.21. The first-order valence-electron chi connectivity index (χ1n) is 6.93. The number of carbonyl (C=O) groups is 1. The van der Waals surface area contributed by atoms with E-state index in [1.54, 1.807) is 0 Å². The van der Waals surface area contributed by atoms with Crippen molar-refractivity contribution >= 4 is 12.0 Å². The molecule has 1 aliphatic rings. The molecule has 1 aliphatic carbocycles. The van der Waals surface area contributed by atoms with Crippen molar-refractivity contribution < 1.29 is 27.1 Å². The van der Waals surface area contributed by atoms with E-state index in [4.69, 9.17) is 4.42 Å². The van der Waals surface area contributed by atoms with Crippen LogP contribution in [0.1, 0.15) is 55.3 Å². The molecular formula is C13H17F3N2O3. The van der Waals surface area contributed by atoms with Gasteiger partial charge in [-0.1, -0.05) is 19.3 Å². The molecule has 1 fully saturated rings. The minimum atomic E-state index is -4.77. The first kappa shape index (κ1) is 15.7. The summed E-state index contributed by atoms with van der Waals surface area (Å²) in [5.74, 6) is -2.06. The molecule has 1 saturated carbocycles. The van der Waals surface area contributed by atoms with Gasteiger partial charge < -0.3 is 14.5 Å². The maximum absolute atomic E-state index is 12.9. The molecule has 0 radical (unpaired) electrons. The number of rotatable bonds is 4. The van der Waals surface area contributed by atoms with Crippen LogP contribution in [-0.4, -0.2) is 23.6 Å². The summed E-state index contributed by atoms with van der Waals surface area (Å²) in [5, 5.41) is 2.83. The van der Waals surface area contributed by atoms with Crippen LogP contribution in [0.3, 0.4) is 0 Å². The Morgan fingerprint density at radius 3 is 2.62 bits per heavy atom. The third-order valence-corrected chi connectivity index (χ3v) is 3.29. The van der Waals surface area contributed by atoms with Crippen molar-refractivity contribution in [2.75, 3.05) is 11.9 Å². The molecule has 21 heavy (non-hydrogen) atoms. The van der Waals surface area contributed by atoms with E-state index in [-0.39, 0.29) is 18.7 Å². The van der Waals surface area contributed by atoms with Gasteiger partial charge in [0.25, 0.3) is 6.01 Å². The number of carbonyl (C=O) groups excluding carboxylic acids is 1. The van der Waals surface area contributed by atoms with Gasteiger partial charge in [-0.3, -0.25) is 0 Å². The van der Waals surface area contributed by atoms with E-state index in [2.05, 4.69) is 15.0 Å². The number of hydrogen-bond acceptors (Lipinski definition) is 5. The average molecular weight is 306 g/mol. The fourth-order valence-corrected chi connectivity index (χ4v) is 2.33. The summed E-state index contributed by atoms with van der Waals surface area (Å²) in [6.45, 7) is 1.46. The topological polar surface area (TPSA) is 64.4 Å². The van der Waals surface area contributed by atoms with E-state index < -0.39 is 23.6 Å². The predicted octanol–water partition coefficient (Wildman–Crippen LogP) is 3.61. The van der Waals surface area contributed by atoms with Gasteiger partial charge in [-0.2, -0.15) is 18.2 Å². The third-order valence-electron chi connectivity index (χ3n) is 3.29. The Kier molecular flexibility index (Phi) is 4.74. The van der Waals surface area contributed by atoms with Gasteiger partial charge in [-0.15, -0.1) is 0 Å². The molecule has 1 aromatic heterocycles. The molecule has 118 valence electrons. The van der Waals surface area contributed by atoms with E-state index in [0.717, 1.165) is 32.1 Å². The molecule has 2 rings (SSSR count). The molecule has 0 aromatic carbocycles. The number of esters is 1. The van der Waals surface area contributed by atoms with Crippen molar-refractivity contribution in [3.63, 3.8) is 0 Å². The fraction of sp³-hybridized carbons (Fsp3) is 0.692. The van der Waals surface area contributed by atoms with Crippen molar-refractivity contribution in [1.29, 1.82) is 0 Å². The maximum atomic E-state index is 12.9. The highest BCUT2D eigenvalue weighted by Gasteiger charge is 2.42. The molecule has 0 aliphatic heterocycles. The van der Waals surface area contributed by atoms with Crippen molar-refractivity contribution in [1.82, 2.24) is 4.98 Å². The largest absolute Gasteiger partial charge is 0.460 e. The summed E-state index contributed by atoms with van der Waals surface area (Å²) in [6, 6.07) is -0.259. The van der Waals surface area contributed by atoms with Crippen LogP contribution < -0.4 is 5.32 Å². The SMILES string of the molecule is CCOC(=O)c1oc(NC2CCCCC2)nc1C(F)(F)F. The monoisotopic (exact) mass is 306 g/mol. The van der Waals surface area contributed by atoms with Gasteiger partial charge in [0, 0.05) is 6.04 Å². The summed E-state index contributed by atoms with van der Waals surface area (Å²) in [4.78, 5) is 14.9. The molecule has 8 heteroatoms. The third kappa shape index (κ3) is 3.89. The molecule has 0 bridgehead atoms. The summed E-state index contributed by atoms with van der Waals surface area (Å²) in [6.07, 6.45) is 0.0607. The summed E-state index contributed by atoms with van der Waals surface area (Å²) in [5.41, 5.74) is -1.35. The number of ether oxygens (including phenoxy) is 1.